The van der Waals surface area contributed by atoms with E-state index in [9.17, 15) is 4.79 Å². The number of halogens is 1. The van der Waals surface area contributed by atoms with Crippen molar-refractivity contribution < 1.29 is 4.79 Å². The summed E-state index contributed by atoms with van der Waals surface area (Å²) in [6.07, 6.45) is 3.45. The van der Waals surface area contributed by atoms with Crippen molar-refractivity contribution in [3.8, 4) is 0 Å². The van der Waals surface area contributed by atoms with Crippen LogP contribution in [0.1, 0.15) is 0 Å². The maximum Gasteiger partial charge on any atom is 0.233 e. The molecule has 18 heavy (non-hydrogen) atoms. The molecule has 1 amide bonds. The summed E-state index contributed by atoms with van der Waals surface area (Å²) < 4.78 is 1.02. The Hall–Kier alpha value is -1.00. The Morgan fingerprint density at radius 3 is 2.44 bits per heavy atom. The van der Waals surface area contributed by atoms with Crippen LogP contribution in [0.25, 0.3) is 0 Å². The molecule has 0 unspecified atom stereocenters. The molecule has 0 atom stereocenters. The fourth-order valence-electron chi connectivity index (χ4n) is 1.38. The van der Waals surface area contributed by atoms with Gasteiger partial charge < -0.3 is 4.90 Å². The van der Waals surface area contributed by atoms with Gasteiger partial charge in [0.15, 0.2) is 0 Å². The summed E-state index contributed by atoms with van der Waals surface area (Å²) in [6, 6.07) is 7.88. The molecule has 0 bridgehead atoms. The molecule has 2 nitrogen and oxygen atoms in total. The van der Waals surface area contributed by atoms with Crippen LogP contribution < -0.4 is 0 Å². The lowest BCUT2D eigenvalue weighted by molar-refractivity contribution is -0.127. The number of rotatable bonds is 7. The zero-order valence-corrected chi connectivity index (χ0v) is 12.5. The summed E-state index contributed by atoms with van der Waals surface area (Å²) in [5.41, 5.74) is 0. The van der Waals surface area contributed by atoms with E-state index in [2.05, 4.69) is 29.1 Å². The van der Waals surface area contributed by atoms with Gasteiger partial charge in [0.25, 0.3) is 0 Å². The predicted octanol–water partition coefficient (Wildman–Crippen LogP) is 3.74. The van der Waals surface area contributed by atoms with E-state index in [1.165, 1.54) is 11.8 Å². The second-order valence-corrected chi connectivity index (χ2v) is 5.47. The first-order valence-corrected chi connectivity index (χ1v) is 7.33. The Morgan fingerprint density at radius 2 is 1.89 bits per heavy atom. The van der Waals surface area contributed by atoms with Crippen LogP contribution in [0.15, 0.2) is 58.9 Å². The topological polar surface area (TPSA) is 20.3 Å². The molecule has 0 aliphatic carbocycles. The fraction of sp³-hybridized carbons (Fsp3) is 0.214. The molecule has 0 saturated carbocycles. The molecule has 96 valence electrons. The van der Waals surface area contributed by atoms with Crippen LogP contribution in [0.4, 0.5) is 0 Å². The van der Waals surface area contributed by atoms with Crippen LogP contribution in [0.5, 0.6) is 0 Å². The Labute approximate surface area is 121 Å². The summed E-state index contributed by atoms with van der Waals surface area (Å²) in [6.45, 7) is 8.42. The highest BCUT2D eigenvalue weighted by atomic mass is 79.9. The number of thioether (sulfide) groups is 1. The molecular weight excluding hydrogens is 310 g/mol. The van der Waals surface area contributed by atoms with E-state index in [0.29, 0.717) is 18.8 Å². The van der Waals surface area contributed by atoms with Crippen molar-refractivity contribution in [1.29, 1.82) is 0 Å². The van der Waals surface area contributed by atoms with Crippen molar-refractivity contribution in [2.45, 2.75) is 4.90 Å². The third-order valence-corrected chi connectivity index (χ3v) is 4.25. The zero-order valence-electron chi connectivity index (χ0n) is 10.1. The van der Waals surface area contributed by atoms with Crippen molar-refractivity contribution in [2.24, 2.45) is 0 Å². The molecule has 0 spiro atoms. The van der Waals surface area contributed by atoms with Gasteiger partial charge in [-0.25, -0.2) is 0 Å². The van der Waals surface area contributed by atoms with Crippen molar-refractivity contribution in [3.63, 3.8) is 0 Å². The van der Waals surface area contributed by atoms with Gasteiger partial charge in [-0.15, -0.1) is 24.9 Å². The van der Waals surface area contributed by atoms with E-state index in [-0.39, 0.29) is 5.91 Å². The first kappa shape index (κ1) is 15.1. The molecule has 0 radical (unpaired) electrons. The lowest BCUT2D eigenvalue weighted by atomic mass is 10.4. The van der Waals surface area contributed by atoms with Crippen LogP contribution in [-0.2, 0) is 4.79 Å². The van der Waals surface area contributed by atoms with Crippen molar-refractivity contribution in [1.82, 2.24) is 4.90 Å². The average molecular weight is 326 g/mol. The first-order chi connectivity index (χ1) is 8.69. The van der Waals surface area contributed by atoms with Gasteiger partial charge in [0.05, 0.1) is 5.75 Å². The molecule has 0 aliphatic heterocycles. The predicted molar refractivity (Wildman–Crippen MR) is 81.8 cm³/mol. The van der Waals surface area contributed by atoms with Gasteiger partial charge in [-0.2, -0.15) is 0 Å². The molecule has 1 aromatic carbocycles. The Morgan fingerprint density at radius 1 is 1.28 bits per heavy atom. The van der Waals surface area contributed by atoms with Crippen LogP contribution >= 0.6 is 27.7 Å². The van der Waals surface area contributed by atoms with Crippen LogP contribution in [0, 0.1) is 0 Å². The van der Waals surface area contributed by atoms with Gasteiger partial charge in [-0.3, -0.25) is 4.79 Å². The summed E-state index contributed by atoms with van der Waals surface area (Å²) in [5.74, 6) is 0.514. The highest BCUT2D eigenvalue weighted by Crippen LogP contribution is 2.27. The lowest BCUT2D eigenvalue weighted by Gasteiger charge is -2.19. The number of nitrogens with zero attached hydrogens (tertiary/aromatic N) is 1. The maximum atomic E-state index is 12.0. The number of carbonyl (C=O) groups excluding carboxylic acids is 1. The molecule has 0 heterocycles. The van der Waals surface area contributed by atoms with Gasteiger partial charge in [0, 0.05) is 22.5 Å². The number of carbonyl (C=O) groups is 1. The maximum absolute atomic E-state index is 12.0. The molecule has 0 saturated heterocycles. The third-order valence-electron chi connectivity index (χ3n) is 2.24. The van der Waals surface area contributed by atoms with E-state index in [1.54, 1.807) is 17.1 Å². The second kappa shape index (κ2) is 8.16. The van der Waals surface area contributed by atoms with Gasteiger partial charge in [0.2, 0.25) is 5.91 Å². The monoisotopic (exact) mass is 325 g/mol. The largest absolute Gasteiger partial charge is 0.335 e. The fourth-order valence-corrected chi connectivity index (χ4v) is 2.85. The molecular formula is C14H16BrNOS. The third kappa shape index (κ3) is 4.70. The molecule has 0 N–H and O–H groups in total. The number of hydrogen-bond donors (Lipinski definition) is 0. The molecule has 1 rings (SSSR count). The minimum absolute atomic E-state index is 0.0931. The Kier molecular flexibility index (Phi) is 6.83. The van der Waals surface area contributed by atoms with E-state index >= 15 is 0 Å². The van der Waals surface area contributed by atoms with Gasteiger partial charge in [-0.05, 0) is 28.1 Å². The zero-order chi connectivity index (χ0) is 13.4. The minimum Gasteiger partial charge on any atom is -0.335 e. The summed E-state index contributed by atoms with van der Waals surface area (Å²) >= 11 is 5.00. The summed E-state index contributed by atoms with van der Waals surface area (Å²) in [4.78, 5) is 14.8. The molecule has 0 aliphatic rings. The van der Waals surface area contributed by atoms with Crippen LogP contribution in [0.2, 0.25) is 0 Å². The Balaban J connectivity index is 2.56. The molecule has 0 aromatic heterocycles. The van der Waals surface area contributed by atoms with E-state index < -0.39 is 0 Å². The highest BCUT2D eigenvalue weighted by molar-refractivity contribution is 9.10. The molecule has 0 fully saturated rings. The van der Waals surface area contributed by atoms with E-state index in [0.717, 1.165) is 9.37 Å². The lowest BCUT2D eigenvalue weighted by Crippen LogP contribution is -2.32. The first-order valence-electron chi connectivity index (χ1n) is 5.56. The average Bonchev–Trinajstić information content (AvgIpc) is 2.37. The number of benzene rings is 1. The van der Waals surface area contributed by atoms with E-state index in [4.69, 9.17) is 0 Å². The van der Waals surface area contributed by atoms with Crippen molar-refractivity contribution in [2.75, 3.05) is 18.8 Å². The van der Waals surface area contributed by atoms with Crippen molar-refractivity contribution in [3.05, 3.63) is 54.0 Å². The summed E-state index contributed by atoms with van der Waals surface area (Å²) in [7, 11) is 0. The standard InChI is InChI=1S/C14H16BrNOS/c1-3-9-16(10-4-2)14(17)11-18-13-8-6-5-7-12(13)15/h3-8H,1-2,9-11H2. The minimum atomic E-state index is 0.0931. The van der Waals surface area contributed by atoms with Gasteiger partial charge >= 0.3 is 0 Å². The van der Waals surface area contributed by atoms with E-state index in [1.807, 2.05) is 24.3 Å². The van der Waals surface area contributed by atoms with Gasteiger partial charge in [0.1, 0.15) is 0 Å². The quantitative estimate of drug-likeness (QED) is 0.562. The summed E-state index contributed by atoms with van der Waals surface area (Å²) in [5, 5.41) is 0. The van der Waals surface area contributed by atoms with Crippen molar-refractivity contribution >= 4 is 33.6 Å². The van der Waals surface area contributed by atoms with Crippen LogP contribution in [0.3, 0.4) is 0 Å². The SMILES string of the molecule is C=CCN(CC=C)C(=O)CSc1ccccc1Br. The Bertz CT molecular complexity index is 424. The van der Waals surface area contributed by atoms with Gasteiger partial charge in [-0.1, -0.05) is 24.3 Å². The molecule has 4 heteroatoms. The highest BCUT2D eigenvalue weighted by Gasteiger charge is 2.11. The normalized spacial score (nSPS) is 9.83. The number of hydrogen-bond acceptors (Lipinski definition) is 2. The van der Waals surface area contributed by atoms with Crippen LogP contribution in [-0.4, -0.2) is 29.6 Å². The smallest absolute Gasteiger partial charge is 0.233 e. The molecule has 1 aromatic rings. The second-order valence-electron chi connectivity index (χ2n) is 3.60. The number of amides is 1.